The Bertz CT molecular complexity index is 932. The molecule has 0 unspecified atom stereocenters. The van der Waals surface area contributed by atoms with E-state index in [9.17, 15) is 9.59 Å². The van der Waals surface area contributed by atoms with Crippen LogP contribution in [0.15, 0.2) is 39.5 Å². The summed E-state index contributed by atoms with van der Waals surface area (Å²) >= 11 is 0. The van der Waals surface area contributed by atoms with E-state index in [1.165, 1.54) is 6.92 Å². The Morgan fingerprint density at radius 1 is 1.05 bits per heavy atom. The number of hydrogen-bond donors (Lipinski definition) is 0. The molecule has 3 aromatic rings. The molecule has 0 aliphatic heterocycles. The van der Waals surface area contributed by atoms with Crippen LogP contribution >= 0.6 is 0 Å². The number of carbonyl (C=O) groups excluding carboxylic acids is 1. The van der Waals surface area contributed by atoms with Crippen LogP contribution in [0, 0.1) is 13.8 Å². The van der Waals surface area contributed by atoms with E-state index >= 15 is 0 Å². The number of rotatable bonds is 2. The third kappa shape index (κ3) is 2.15. The zero-order valence-corrected chi connectivity index (χ0v) is 12.3. The minimum absolute atomic E-state index is 0.0419. The van der Waals surface area contributed by atoms with Gasteiger partial charge in [0.05, 0.1) is 10.8 Å². The van der Waals surface area contributed by atoms with Crippen LogP contribution in [0.25, 0.3) is 21.9 Å². The van der Waals surface area contributed by atoms with Crippen molar-refractivity contribution in [3.8, 4) is 0 Å². The Morgan fingerprint density at radius 2 is 1.76 bits per heavy atom. The molecule has 3 rings (SSSR count). The molecule has 3 nitrogen and oxygen atoms in total. The first-order valence-corrected chi connectivity index (χ1v) is 6.93. The standard InChI is InChI=1S/C18H16O3/c1-10-7-8-15-16(20)14-6-4-5-13(9-11(2)19)18(14)21-17(15)12(10)3/h4-8H,9H2,1-3H3. The fraction of sp³-hybridized carbons (Fsp3) is 0.222. The highest BCUT2D eigenvalue weighted by molar-refractivity contribution is 5.94. The Morgan fingerprint density at radius 3 is 2.48 bits per heavy atom. The predicted molar refractivity (Wildman–Crippen MR) is 83.8 cm³/mol. The number of para-hydroxylation sites is 1. The third-order valence-electron chi connectivity index (χ3n) is 3.91. The van der Waals surface area contributed by atoms with Gasteiger partial charge in [-0.15, -0.1) is 0 Å². The normalized spacial score (nSPS) is 11.2. The second-order valence-corrected chi connectivity index (χ2v) is 5.49. The minimum atomic E-state index is -0.0419. The third-order valence-corrected chi connectivity index (χ3v) is 3.91. The Hall–Kier alpha value is -2.42. The fourth-order valence-electron chi connectivity index (χ4n) is 2.64. The molecule has 0 aliphatic carbocycles. The number of carbonyl (C=O) groups is 1. The Balaban J connectivity index is 2.49. The molecule has 0 saturated carbocycles. The van der Waals surface area contributed by atoms with Crippen LogP contribution in [-0.2, 0) is 11.2 Å². The molecule has 0 amide bonds. The maximum Gasteiger partial charge on any atom is 0.200 e. The quantitative estimate of drug-likeness (QED) is 0.672. The SMILES string of the molecule is CC(=O)Cc1cccc2c(=O)c3ccc(C)c(C)c3oc12. The predicted octanol–water partition coefficient (Wildman–Crippen LogP) is 3.69. The lowest BCUT2D eigenvalue weighted by molar-refractivity contribution is -0.116. The van der Waals surface area contributed by atoms with Crippen LogP contribution in [-0.4, -0.2) is 5.78 Å². The van der Waals surface area contributed by atoms with E-state index in [0.717, 1.165) is 16.7 Å². The first-order valence-electron chi connectivity index (χ1n) is 6.93. The van der Waals surface area contributed by atoms with E-state index in [2.05, 4.69) is 0 Å². The average molecular weight is 280 g/mol. The smallest absolute Gasteiger partial charge is 0.200 e. The summed E-state index contributed by atoms with van der Waals surface area (Å²) < 4.78 is 6.02. The number of ketones is 1. The maximum atomic E-state index is 12.6. The van der Waals surface area contributed by atoms with Crippen molar-refractivity contribution in [2.24, 2.45) is 0 Å². The van der Waals surface area contributed by atoms with Crippen molar-refractivity contribution in [3.63, 3.8) is 0 Å². The van der Waals surface area contributed by atoms with Gasteiger partial charge in [0, 0.05) is 12.0 Å². The second kappa shape index (κ2) is 4.85. The molecule has 0 aliphatic rings. The molecule has 0 bridgehead atoms. The van der Waals surface area contributed by atoms with Crippen molar-refractivity contribution in [2.45, 2.75) is 27.2 Å². The van der Waals surface area contributed by atoms with E-state index in [4.69, 9.17) is 4.42 Å². The number of hydrogen-bond acceptors (Lipinski definition) is 3. The van der Waals surface area contributed by atoms with E-state index in [-0.39, 0.29) is 17.6 Å². The Labute approximate surface area is 122 Å². The van der Waals surface area contributed by atoms with Crippen molar-refractivity contribution in [1.82, 2.24) is 0 Å². The summed E-state index contributed by atoms with van der Waals surface area (Å²) in [6.07, 6.45) is 0.274. The van der Waals surface area contributed by atoms with E-state index in [1.807, 2.05) is 26.0 Å². The van der Waals surface area contributed by atoms with Gasteiger partial charge in [-0.3, -0.25) is 9.59 Å². The molecule has 0 saturated heterocycles. The van der Waals surface area contributed by atoms with Gasteiger partial charge in [-0.2, -0.15) is 0 Å². The summed E-state index contributed by atoms with van der Waals surface area (Å²) in [5.41, 5.74) is 3.90. The molecule has 3 heteroatoms. The summed E-state index contributed by atoms with van der Waals surface area (Å²) in [5, 5.41) is 1.12. The molecule has 0 atom stereocenters. The van der Waals surface area contributed by atoms with Crippen molar-refractivity contribution in [3.05, 3.63) is 57.2 Å². The summed E-state index contributed by atoms with van der Waals surface area (Å²) in [7, 11) is 0. The minimum Gasteiger partial charge on any atom is -0.455 e. The number of Topliss-reactive ketones (excluding diaryl/α,β-unsaturated/α-hetero) is 1. The van der Waals surface area contributed by atoms with Gasteiger partial charge in [-0.05, 0) is 44.0 Å². The average Bonchev–Trinajstić information content (AvgIpc) is 2.44. The molecule has 106 valence electrons. The van der Waals surface area contributed by atoms with Gasteiger partial charge < -0.3 is 4.42 Å². The van der Waals surface area contributed by atoms with Gasteiger partial charge in [0.1, 0.15) is 16.9 Å². The topological polar surface area (TPSA) is 47.3 Å². The van der Waals surface area contributed by atoms with Gasteiger partial charge in [-0.1, -0.05) is 18.2 Å². The van der Waals surface area contributed by atoms with Gasteiger partial charge in [0.2, 0.25) is 5.43 Å². The zero-order valence-electron chi connectivity index (χ0n) is 12.3. The number of aryl methyl sites for hydroxylation is 2. The van der Waals surface area contributed by atoms with Gasteiger partial charge in [0.15, 0.2) is 0 Å². The van der Waals surface area contributed by atoms with Crippen LogP contribution in [0.2, 0.25) is 0 Å². The summed E-state index contributed by atoms with van der Waals surface area (Å²) in [5.74, 6) is 0.0474. The van der Waals surface area contributed by atoms with Gasteiger partial charge in [0.25, 0.3) is 0 Å². The first kappa shape index (κ1) is 13.6. The summed E-state index contributed by atoms with van der Waals surface area (Å²) in [6, 6.07) is 9.12. The molecule has 0 spiro atoms. The van der Waals surface area contributed by atoms with Crippen molar-refractivity contribution < 1.29 is 9.21 Å². The van der Waals surface area contributed by atoms with Crippen molar-refractivity contribution in [1.29, 1.82) is 0 Å². The van der Waals surface area contributed by atoms with Gasteiger partial charge in [-0.25, -0.2) is 0 Å². The van der Waals surface area contributed by atoms with Gasteiger partial charge >= 0.3 is 0 Å². The van der Waals surface area contributed by atoms with Crippen LogP contribution in [0.5, 0.6) is 0 Å². The molecule has 2 aromatic carbocycles. The summed E-state index contributed by atoms with van der Waals surface area (Å²) in [6.45, 7) is 5.47. The monoisotopic (exact) mass is 280 g/mol. The first-order chi connectivity index (χ1) is 9.99. The maximum absolute atomic E-state index is 12.6. The largest absolute Gasteiger partial charge is 0.455 e. The lowest BCUT2D eigenvalue weighted by Gasteiger charge is -2.08. The molecule has 0 radical (unpaired) electrons. The number of benzene rings is 2. The fourth-order valence-corrected chi connectivity index (χ4v) is 2.64. The summed E-state index contributed by atoms with van der Waals surface area (Å²) in [4.78, 5) is 24.1. The molecule has 0 N–H and O–H groups in total. The molecule has 0 fully saturated rings. The van der Waals surface area contributed by atoms with E-state index in [1.54, 1.807) is 18.2 Å². The van der Waals surface area contributed by atoms with E-state index in [0.29, 0.717) is 21.9 Å². The molecular weight excluding hydrogens is 264 g/mol. The molecule has 1 heterocycles. The lowest BCUT2D eigenvalue weighted by Crippen LogP contribution is -2.06. The zero-order chi connectivity index (χ0) is 15.1. The number of fused-ring (bicyclic) bond motifs is 2. The molecular formula is C18H16O3. The Kier molecular flexibility index (Phi) is 3.13. The highest BCUT2D eigenvalue weighted by atomic mass is 16.3. The highest BCUT2D eigenvalue weighted by Crippen LogP contribution is 2.25. The van der Waals surface area contributed by atoms with Crippen LogP contribution in [0.3, 0.4) is 0 Å². The second-order valence-electron chi connectivity index (χ2n) is 5.49. The van der Waals surface area contributed by atoms with Crippen molar-refractivity contribution in [2.75, 3.05) is 0 Å². The van der Waals surface area contributed by atoms with Crippen LogP contribution in [0.1, 0.15) is 23.6 Å². The van der Waals surface area contributed by atoms with Crippen molar-refractivity contribution >= 4 is 27.7 Å². The van der Waals surface area contributed by atoms with Crippen LogP contribution in [0.4, 0.5) is 0 Å². The molecule has 1 aromatic heterocycles. The highest BCUT2D eigenvalue weighted by Gasteiger charge is 2.13. The lowest BCUT2D eigenvalue weighted by atomic mass is 10.0. The van der Waals surface area contributed by atoms with Crippen LogP contribution < -0.4 is 5.43 Å². The van der Waals surface area contributed by atoms with E-state index < -0.39 is 0 Å². The molecule has 21 heavy (non-hydrogen) atoms.